The predicted molar refractivity (Wildman–Crippen MR) is 98.9 cm³/mol. The summed E-state index contributed by atoms with van der Waals surface area (Å²) in [7, 11) is 1.80. The summed E-state index contributed by atoms with van der Waals surface area (Å²) in [5.74, 6) is 0.423. The van der Waals surface area contributed by atoms with Crippen LogP contribution in [-0.2, 0) is 23.0 Å². The van der Waals surface area contributed by atoms with Gasteiger partial charge in [0.1, 0.15) is 5.60 Å². The molecule has 0 bridgehead atoms. The summed E-state index contributed by atoms with van der Waals surface area (Å²) in [4.78, 5) is 14.3. The highest BCUT2D eigenvalue weighted by Gasteiger charge is 2.37. The lowest BCUT2D eigenvalue weighted by Gasteiger charge is -2.41. The van der Waals surface area contributed by atoms with Crippen LogP contribution in [0.4, 0.5) is 5.82 Å². The summed E-state index contributed by atoms with van der Waals surface area (Å²) in [6.07, 6.45) is 2.39. The topological polar surface area (TPSA) is 79.6 Å². The Hall–Kier alpha value is -2.22. The molecule has 2 aromatic rings. The van der Waals surface area contributed by atoms with E-state index in [1.165, 1.54) is 5.56 Å². The third-order valence-corrected chi connectivity index (χ3v) is 4.61. The van der Waals surface area contributed by atoms with Crippen molar-refractivity contribution in [2.45, 2.75) is 18.9 Å². The number of nitrogens with zero attached hydrogens (tertiary/aromatic N) is 3. The molecule has 1 amide bonds. The third kappa shape index (κ3) is 4.69. The molecule has 0 unspecified atom stereocenters. The number of carbonyl (C=O) groups excluding carboxylic acids is 1. The SMILES string of the molecule is Cc1ccc(C[C@@]2(CO)CN(CC(=O)Nc3ccn(C)n3)CCO2)cc1. The number of nitrogens with one attached hydrogen (secondary N) is 1. The molecule has 2 heterocycles. The molecule has 1 aromatic carbocycles. The van der Waals surface area contributed by atoms with Crippen molar-refractivity contribution >= 4 is 11.7 Å². The number of anilines is 1. The number of aryl methyl sites for hydroxylation is 2. The second-order valence-electron chi connectivity index (χ2n) is 6.99. The predicted octanol–water partition coefficient (Wildman–Crippen LogP) is 0.973. The summed E-state index contributed by atoms with van der Waals surface area (Å²) in [6.45, 7) is 3.86. The van der Waals surface area contributed by atoms with Crippen LogP contribution in [0.3, 0.4) is 0 Å². The van der Waals surface area contributed by atoms with E-state index >= 15 is 0 Å². The van der Waals surface area contributed by atoms with Gasteiger partial charge in [0.05, 0.1) is 19.8 Å². The normalized spacial score (nSPS) is 20.9. The molecule has 7 nitrogen and oxygen atoms in total. The summed E-state index contributed by atoms with van der Waals surface area (Å²) >= 11 is 0. The highest BCUT2D eigenvalue weighted by atomic mass is 16.5. The van der Waals surface area contributed by atoms with Crippen LogP contribution in [0.5, 0.6) is 0 Å². The van der Waals surface area contributed by atoms with Crippen molar-refractivity contribution in [3.8, 4) is 0 Å². The van der Waals surface area contributed by atoms with Gasteiger partial charge in [0.15, 0.2) is 5.82 Å². The van der Waals surface area contributed by atoms with E-state index in [1.54, 1.807) is 24.0 Å². The molecule has 1 aromatic heterocycles. The second kappa shape index (κ2) is 7.99. The fourth-order valence-corrected chi connectivity index (χ4v) is 3.26. The number of morpholine rings is 1. The molecule has 26 heavy (non-hydrogen) atoms. The lowest BCUT2D eigenvalue weighted by molar-refractivity contribution is -0.138. The van der Waals surface area contributed by atoms with Crippen LogP contribution in [0.1, 0.15) is 11.1 Å². The Morgan fingerprint density at radius 1 is 1.35 bits per heavy atom. The van der Waals surface area contributed by atoms with Crippen LogP contribution in [0.25, 0.3) is 0 Å². The minimum absolute atomic E-state index is 0.0841. The van der Waals surface area contributed by atoms with Crippen molar-refractivity contribution in [2.75, 3.05) is 38.2 Å². The maximum absolute atomic E-state index is 12.3. The van der Waals surface area contributed by atoms with Crippen LogP contribution in [0.2, 0.25) is 0 Å². The Balaban J connectivity index is 1.60. The first-order valence-corrected chi connectivity index (χ1v) is 8.80. The molecule has 2 N–H and O–H groups in total. The highest BCUT2D eigenvalue weighted by Crippen LogP contribution is 2.23. The summed E-state index contributed by atoms with van der Waals surface area (Å²) in [5.41, 5.74) is 1.63. The van der Waals surface area contributed by atoms with E-state index in [1.807, 2.05) is 11.8 Å². The van der Waals surface area contributed by atoms with Crippen molar-refractivity contribution in [1.29, 1.82) is 0 Å². The first kappa shape index (κ1) is 18.6. The van der Waals surface area contributed by atoms with E-state index in [0.717, 1.165) is 5.56 Å². The van der Waals surface area contributed by atoms with Crippen molar-refractivity contribution in [3.05, 3.63) is 47.7 Å². The van der Waals surface area contributed by atoms with Crippen LogP contribution in [0, 0.1) is 6.92 Å². The first-order valence-electron chi connectivity index (χ1n) is 8.80. The molecular formula is C19H26N4O3. The largest absolute Gasteiger partial charge is 0.393 e. The number of rotatable bonds is 6. The molecule has 1 aliphatic heterocycles. The van der Waals surface area contributed by atoms with Gasteiger partial charge in [-0.05, 0) is 12.5 Å². The fraction of sp³-hybridized carbons (Fsp3) is 0.474. The van der Waals surface area contributed by atoms with Crippen LogP contribution in [-0.4, -0.2) is 64.1 Å². The first-order chi connectivity index (χ1) is 12.5. The molecular weight excluding hydrogens is 332 g/mol. The molecule has 0 saturated carbocycles. The Morgan fingerprint density at radius 3 is 2.77 bits per heavy atom. The van der Waals surface area contributed by atoms with Crippen molar-refractivity contribution < 1.29 is 14.6 Å². The van der Waals surface area contributed by atoms with Gasteiger partial charge >= 0.3 is 0 Å². The van der Waals surface area contributed by atoms with Crippen molar-refractivity contribution in [2.24, 2.45) is 7.05 Å². The van der Waals surface area contributed by atoms with Gasteiger partial charge in [-0.1, -0.05) is 29.8 Å². The van der Waals surface area contributed by atoms with Crippen molar-refractivity contribution in [1.82, 2.24) is 14.7 Å². The third-order valence-electron chi connectivity index (χ3n) is 4.61. The van der Waals surface area contributed by atoms with E-state index < -0.39 is 5.60 Å². The molecule has 1 aliphatic rings. The van der Waals surface area contributed by atoms with Crippen molar-refractivity contribution in [3.63, 3.8) is 0 Å². The summed E-state index contributed by atoms with van der Waals surface area (Å²) < 4.78 is 7.58. The van der Waals surface area contributed by atoms with Gasteiger partial charge in [0, 0.05) is 38.8 Å². The Bertz CT molecular complexity index is 743. The van der Waals surface area contributed by atoms with Gasteiger partial charge in [0.2, 0.25) is 5.91 Å². The van der Waals surface area contributed by atoms with Crippen LogP contribution in [0.15, 0.2) is 36.5 Å². The molecule has 7 heteroatoms. The lowest BCUT2D eigenvalue weighted by Crippen LogP contribution is -2.56. The fourth-order valence-electron chi connectivity index (χ4n) is 3.26. The lowest BCUT2D eigenvalue weighted by atomic mass is 9.92. The monoisotopic (exact) mass is 358 g/mol. The van der Waals surface area contributed by atoms with Gasteiger partial charge in [-0.2, -0.15) is 5.10 Å². The Morgan fingerprint density at radius 2 is 2.12 bits per heavy atom. The number of aromatic nitrogens is 2. The minimum Gasteiger partial charge on any atom is -0.393 e. The van der Waals surface area contributed by atoms with E-state index in [9.17, 15) is 9.90 Å². The molecule has 0 aliphatic carbocycles. The molecule has 1 fully saturated rings. The average molecular weight is 358 g/mol. The smallest absolute Gasteiger partial charge is 0.239 e. The van der Waals surface area contributed by atoms with E-state index in [-0.39, 0.29) is 19.1 Å². The van der Waals surface area contributed by atoms with Gasteiger partial charge in [-0.25, -0.2) is 0 Å². The number of hydrogen-bond acceptors (Lipinski definition) is 5. The van der Waals surface area contributed by atoms with Crippen LogP contribution >= 0.6 is 0 Å². The molecule has 0 radical (unpaired) electrons. The standard InChI is InChI=1S/C19H26N4O3/c1-15-3-5-16(6-4-15)11-19(14-24)13-23(9-10-26-19)12-18(25)20-17-7-8-22(2)21-17/h3-8,24H,9-14H2,1-2H3,(H,20,21,25)/t19-/m0/s1. The summed E-state index contributed by atoms with van der Waals surface area (Å²) in [6, 6.07) is 9.99. The number of benzene rings is 1. The maximum Gasteiger partial charge on any atom is 0.239 e. The van der Waals surface area contributed by atoms with E-state index in [4.69, 9.17) is 4.74 Å². The minimum atomic E-state index is -0.682. The number of hydrogen-bond donors (Lipinski definition) is 2. The number of aliphatic hydroxyl groups is 1. The second-order valence-corrected chi connectivity index (χ2v) is 6.99. The quantitative estimate of drug-likeness (QED) is 0.805. The molecule has 3 rings (SSSR count). The van der Waals surface area contributed by atoms with E-state index in [2.05, 4.69) is 34.7 Å². The van der Waals surface area contributed by atoms with Crippen LogP contribution < -0.4 is 5.32 Å². The van der Waals surface area contributed by atoms with Gasteiger partial charge in [0.25, 0.3) is 0 Å². The van der Waals surface area contributed by atoms with Gasteiger partial charge in [-0.3, -0.25) is 14.4 Å². The number of aliphatic hydroxyl groups excluding tert-OH is 1. The number of carbonyl (C=O) groups is 1. The molecule has 1 saturated heterocycles. The average Bonchev–Trinajstić information content (AvgIpc) is 3.02. The van der Waals surface area contributed by atoms with E-state index in [0.29, 0.717) is 31.9 Å². The Labute approximate surface area is 153 Å². The molecule has 0 spiro atoms. The Kier molecular flexibility index (Phi) is 5.70. The molecule has 1 atom stereocenters. The molecule has 140 valence electrons. The van der Waals surface area contributed by atoms with Gasteiger partial charge < -0.3 is 15.2 Å². The maximum atomic E-state index is 12.3. The zero-order valence-electron chi connectivity index (χ0n) is 15.3. The number of amides is 1. The zero-order valence-corrected chi connectivity index (χ0v) is 15.3. The summed E-state index contributed by atoms with van der Waals surface area (Å²) in [5, 5.41) is 16.9. The van der Waals surface area contributed by atoms with Gasteiger partial charge in [-0.15, -0.1) is 0 Å². The zero-order chi connectivity index (χ0) is 18.6. The number of ether oxygens (including phenoxy) is 1. The highest BCUT2D eigenvalue weighted by molar-refractivity contribution is 5.91.